The standard InChI is InChI=1S/C16H16Cl2N2O2/c1-7(12-10(21)6-9-13(12)16(9,2)3)19-15(22)8-4-5-11(17)20-14(8)18/h4-5,9,13H,6H2,1-3H3,(H,19,22)/b12-7+/t9-,13-/m0/s1. The summed E-state index contributed by atoms with van der Waals surface area (Å²) in [7, 11) is 0. The summed E-state index contributed by atoms with van der Waals surface area (Å²) < 4.78 is 0. The van der Waals surface area contributed by atoms with Gasteiger partial charge in [0.25, 0.3) is 5.91 Å². The van der Waals surface area contributed by atoms with E-state index in [9.17, 15) is 9.59 Å². The topological polar surface area (TPSA) is 59.1 Å². The Kier molecular flexibility index (Phi) is 3.57. The number of carbonyl (C=O) groups excluding carboxylic acids is 2. The van der Waals surface area contributed by atoms with Crippen LogP contribution in [0, 0.1) is 17.3 Å². The number of hydrogen-bond donors (Lipinski definition) is 1. The predicted molar refractivity (Wildman–Crippen MR) is 84.8 cm³/mol. The second-order valence-electron chi connectivity index (χ2n) is 6.50. The zero-order chi connectivity index (χ0) is 16.2. The molecule has 0 radical (unpaired) electrons. The number of carbonyl (C=O) groups is 2. The first-order valence-electron chi connectivity index (χ1n) is 7.11. The number of halogens is 2. The highest BCUT2D eigenvalue weighted by Crippen LogP contribution is 2.68. The van der Waals surface area contributed by atoms with Gasteiger partial charge in [-0.05, 0) is 36.3 Å². The Labute approximate surface area is 138 Å². The van der Waals surface area contributed by atoms with E-state index < -0.39 is 0 Å². The number of nitrogens with zero attached hydrogens (tertiary/aromatic N) is 1. The van der Waals surface area contributed by atoms with Crippen molar-refractivity contribution in [1.29, 1.82) is 0 Å². The first-order valence-corrected chi connectivity index (χ1v) is 7.86. The number of nitrogens with one attached hydrogen (secondary N) is 1. The van der Waals surface area contributed by atoms with Gasteiger partial charge in [0.05, 0.1) is 5.56 Å². The van der Waals surface area contributed by atoms with Crippen molar-refractivity contribution in [2.24, 2.45) is 17.3 Å². The number of ketones is 1. The van der Waals surface area contributed by atoms with Gasteiger partial charge in [0.1, 0.15) is 10.3 Å². The van der Waals surface area contributed by atoms with Gasteiger partial charge >= 0.3 is 0 Å². The molecular weight excluding hydrogens is 323 g/mol. The third-order valence-electron chi connectivity index (χ3n) is 4.83. The van der Waals surface area contributed by atoms with Gasteiger partial charge in [-0.25, -0.2) is 4.98 Å². The van der Waals surface area contributed by atoms with E-state index in [1.165, 1.54) is 12.1 Å². The quantitative estimate of drug-likeness (QED) is 0.661. The van der Waals surface area contributed by atoms with Crippen molar-refractivity contribution in [2.45, 2.75) is 27.2 Å². The molecule has 4 nitrogen and oxygen atoms in total. The van der Waals surface area contributed by atoms with Crippen LogP contribution < -0.4 is 5.32 Å². The van der Waals surface area contributed by atoms with Crippen LogP contribution >= 0.6 is 23.2 Å². The predicted octanol–water partition coefficient (Wildman–Crippen LogP) is 3.64. The number of allylic oxidation sites excluding steroid dienone is 2. The number of rotatable bonds is 2. The van der Waals surface area contributed by atoms with Crippen molar-refractivity contribution >= 4 is 34.9 Å². The molecule has 1 aromatic heterocycles. The average Bonchev–Trinajstić information content (AvgIpc) is 2.78. The molecule has 2 atom stereocenters. The third kappa shape index (κ3) is 2.34. The molecule has 1 amide bonds. The van der Waals surface area contributed by atoms with E-state index >= 15 is 0 Å². The van der Waals surface area contributed by atoms with Crippen LogP contribution in [0.3, 0.4) is 0 Å². The van der Waals surface area contributed by atoms with Crippen LogP contribution in [0.5, 0.6) is 0 Å². The Bertz CT molecular complexity index is 725. The number of pyridine rings is 1. The highest BCUT2D eigenvalue weighted by molar-refractivity contribution is 6.34. The van der Waals surface area contributed by atoms with Crippen molar-refractivity contribution in [1.82, 2.24) is 10.3 Å². The maximum atomic E-state index is 12.3. The van der Waals surface area contributed by atoms with Gasteiger partial charge in [0.2, 0.25) is 0 Å². The van der Waals surface area contributed by atoms with Gasteiger partial charge in [0.15, 0.2) is 5.78 Å². The van der Waals surface area contributed by atoms with Crippen LogP contribution in [0.2, 0.25) is 10.3 Å². The Morgan fingerprint density at radius 1 is 1.36 bits per heavy atom. The fourth-order valence-electron chi connectivity index (χ4n) is 3.51. The van der Waals surface area contributed by atoms with Gasteiger partial charge < -0.3 is 5.32 Å². The molecule has 0 aromatic carbocycles. The largest absolute Gasteiger partial charge is 0.325 e. The Morgan fingerprint density at radius 3 is 2.64 bits per heavy atom. The summed E-state index contributed by atoms with van der Waals surface area (Å²) in [4.78, 5) is 28.3. The number of amides is 1. The molecule has 1 heterocycles. The lowest BCUT2D eigenvalue weighted by Gasteiger charge is -2.14. The van der Waals surface area contributed by atoms with Crippen LogP contribution in [-0.4, -0.2) is 16.7 Å². The summed E-state index contributed by atoms with van der Waals surface area (Å²) in [5, 5.41) is 3.05. The third-order valence-corrected chi connectivity index (χ3v) is 5.33. The SMILES string of the molecule is C/C(NC(=O)c1ccc(Cl)nc1Cl)=C1/C(=O)C[C@H]2[C@@H]1C2(C)C. The molecule has 0 saturated heterocycles. The van der Waals surface area contributed by atoms with Gasteiger partial charge in [0, 0.05) is 17.7 Å². The Morgan fingerprint density at radius 2 is 2.05 bits per heavy atom. The normalized spacial score (nSPS) is 27.4. The smallest absolute Gasteiger partial charge is 0.258 e. The number of aromatic nitrogens is 1. The molecule has 1 N–H and O–H groups in total. The Hall–Kier alpha value is -1.39. The number of Topliss-reactive ketones (excluding diaryl/α,β-unsaturated/α-hetero) is 1. The summed E-state index contributed by atoms with van der Waals surface area (Å²) in [5.74, 6) is 0.406. The summed E-state index contributed by atoms with van der Waals surface area (Å²) in [6.45, 7) is 6.08. The second kappa shape index (κ2) is 5.07. The average molecular weight is 339 g/mol. The summed E-state index contributed by atoms with van der Waals surface area (Å²) >= 11 is 11.7. The van der Waals surface area contributed by atoms with Crippen molar-refractivity contribution in [3.63, 3.8) is 0 Å². The van der Waals surface area contributed by atoms with Crippen LogP contribution in [0.15, 0.2) is 23.4 Å². The molecule has 0 spiro atoms. The summed E-state index contributed by atoms with van der Waals surface area (Å²) in [6.07, 6.45) is 0.573. The minimum atomic E-state index is -0.381. The van der Waals surface area contributed by atoms with Crippen molar-refractivity contribution in [3.05, 3.63) is 39.3 Å². The maximum absolute atomic E-state index is 12.3. The summed E-state index contributed by atoms with van der Waals surface area (Å²) in [5.41, 5.74) is 1.75. The molecule has 6 heteroatoms. The molecule has 2 fully saturated rings. The first kappa shape index (κ1) is 15.5. The lowest BCUT2D eigenvalue weighted by molar-refractivity contribution is -0.115. The molecule has 22 heavy (non-hydrogen) atoms. The van der Waals surface area contributed by atoms with Gasteiger partial charge in [-0.2, -0.15) is 0 Å². The first-order chi connectivity index (χ1) is 10.2. The van der Waals surface area contributed by atoms with E-state index in [1.54, 1.807) is 6.92 Å². The number of fused-ring (bicyclic) bond motifs is 1. The van der Waals surface area contributed by atoms with Crippen molar-refractivity contribution < 1.29 is 9.59 Å². The molecular formula is C16H16Cl2N2O2. The molecule has 0 bridgehead atoms. The highest BCUT2D eigenvalue weighted by Gasteiger charge is 2.65. The monoisotopic (exact) mass is 338 g/mol. The van der Waals surface area contributed by atoms with E-state index in [4.69, 9.17) is 23.2 Å². The molecule has 116 valence electrons. The zero-order valence-corrected chi connectivity index (χ0v) is 14.0. The highest BCUT2D eigenvalue weighted by atomic mass is 35.5. The number of hydrogen-bond acceptors (Lipinski definition) is 3. The van der Waals surface area contributed by atoms with Crippen LogP contribution in [0.4, 0.5) is 0 Å². The van der Waals surface area contributed by atoms with E-state index in [1.807, 2.05) is 0 Å². The van der Waals surface area contributed by atoms with Crippen LogP contribution in [0.1, 0.15) is 37.6 Å². The van der Waals surface area contributed by atoms with E-state index in [0.29, 0.717) is 18.0 Å². The van der Waals surface area contributed by atoms with Crippen molar-refractivity contribution in [2.75, 3.05) is 0 Å². The molecule has 0 unspecified atom stereocenters. The molecule has 1 aromatic rings. The molecule has 0 aliphatic heterocycles. The van der Waals surface area contributed by atoms with E-state index in [-0.39, 0.29) is 38.9 Å². The fraction of sp³-hybridized carbons (Fsp3) is 0.438. The van der Waals surface area contributed by atoms with Gasteiger partial charge in [-0.15, -0.1) is 0 Å². The second-order valence-corrected chi connectivity index (χ2v) is 7.24. The van der Waals surface area contributed by atoms with Crippen LogP contribution in [0.25, 0.3) is 0 Å². The molecule has 2 aliphatic rings. The van der Waals surface area contributed by atoms with Crippen LogP contribution in [-0.2, 0) is 4.79 Å². The molecule has 3 rings (SSSR count). The van der Waals surface area contributed by atoms with E-state index in [2.05, 4.69) is 24.1 Å². The van der Waals surface area contributed by atoms with Gasteiger partial charge in [-0.3, -0.25) is 9.59 Å². The lowest BCUT2D eigenvalue weighted by atomic mass is 9.95. The van der Waals surface area contributed by atoms with Crippen molar-refractivity contribution in [3.8, 4) is 0 Å². The van der Waals surface area contributed by atoms with Gasteiger partial charge in [-0.1, -0.05) is 37.0 Å². The minimum Gasteiger partial charge on any atom is -0.325 e. The van der Waals surface area contributed by atoms with E-state index in [0.717, 1.165) is 5.57 Å². The molecule has 2 aliphatic carbocycles. The fourth-order valence-corrected chi connectivity index (χ4v) is 3.94. The lowest BCUT2D eigenvalue weighted by Crippen LogP contribution is -2.25. The zero-order valence-electron chi connectivity index (χ0n) is 12.5. The minimum absolute atomic E-state index is 0.0465. The molecule has 2 saturated carbocycles. The Balaban J connectivity index is 1.85. The summed E-state index contributed by atoms with van der Waals surface area (Å²) in [6, 6.07) is 3.02. The maximum Gasteiger partial charge on any atom is 0.258 e.